The van der Waals surface area contributed by atoms with Gasteiger partial charge < -0.3 is 18.9 Å². The molecule has 1 saturated heterocycles. The molecule has 7 heteroatoms. The topological polar surface area (TPSA) is 77.7 Å². The van der Waals surface area contributed by atoms with Gasteiger partial charge in [0.05, 0.1) is 26.6 Å². The smallest absolute Gasteiger partial charge is 0.231 e. The summed E-state index contributed by atoms with van der Waals surface area (Å²) >= 11 is 0. The van der Waals surface area contributed by atoms with Gasteiger partial charge >= 0.3 is 0 Å². The van der Waals surface area contributed by atoms with Gasteiger partial charge in [0.2, 0.25) is 17.6 Å². The van der Waals surface area contributed by atoms with Gasteiger partial charge in [-0.15, -0.1) is 0 Å². The maximum absolute atomic E-state index is 12.8. The van der Waals surface area contributed by atoms with Crippen molar-refractivity contribution in [3.63, 3.8) is 0 Å². The first kappa shape index (κ1) is 19.9. The van der Waals surface area contributed by atoms with E-state index in [-0.39, 0.29) is 11.8 Å². The molecule has 1 aromatic heterocycles. The molecule has 2 heterocycles. The number of ether oxygens (including phenoxy) is 2. The van der Waals surface area contributed by atoms with Crippen LogP contribution in [0.3, 0.4) is 0 Å². The predicted molar refractivity (Wildman–Crippen MR) is 112 cm³/mol. The molecule has 0 N–H and O–H groups in total. The molecular weight excluding hydrogens is 382 g/mol. The number of hydrogen-bond donors (Lipinski definition) is 0. The Morgan fingerprint density at radius 1 is 1.13 bits per heavy atom. The molecule has 0 bridgehead atoms. The number of nitrogens with zero attached hydrogens (tertiary/aromatic N) is 3. The molecule has 1 aliphatic heterocycles. The van der Waals surface area contributed by atoms with Gasteiger partial charge in [-0.2, -0.15) is 4.98 Å². The summed E-state index contributed by atoms with van der Waals surface area (Å²) in [7, 11) is 3.25. The Morgan fingerprint density at radius 3 is 2.70 bits per heavy atom. The number of methoxy groups -OCH3 is 2. The molecule has 4 rings (SSSR count). The highest BCUT2D eigenvalue weighted by atomic mass is 16.5. The molecule has 0 unspecified atom stereocenters. The summed E-state index contributed by atoms with van der Waals surface area (Å²) in [6.07, 6.45) is 2.18. The third-order valence-electron chi connectivity index (χ3n) is 5.38. The molecule has 1 atom stereocenters. The van der Waals surface area contributed by atoms with E-state index in [4.69, 9.17) is 14.0 Å². The first-order valence-corrected chi connectivity index (χ1v) is 10.0. The van der Waals surface area contributed by atoms with Gasteiger partial charge in [0, 0.05) is 18.7 Å². The molecule has 0 spiro atoms. The summed E-state index contributed by atoms with van der Waals surface area (Å²) in [6, 6.07) is 15.2. The largest absolute Gasteiger partial charge is 0.497 e. The Kier molecular flexibility index (Phi) is 5.97. The number of piperidine rings is 1. The summed E-state index contributed by atoms with van der Waals surface area (Å²) in [4.78, 5) is 19.3. The third kappa shape index (κ3) is 4.45. The van der Waals surface area contributed by atoms with E-state index in [1.165, 1.54) is 0 Å². The van der Waals surface area contributed by atoms with Crippen LogP contribution >= 0.6 is 0 Å². The van der Waals surface area contributed by atoms with E-state index >= 15 is 0 Å². The molecule has 0 aliphatic carbocycles. The number of rotatable bonds is 6. The minimum absolute atomic E-state index is 0.0415. The van der Waals surface area contributed by atoms with Crippen molar-refractivity contribution in [3.8, 4) is 22.9 Å². The first-order valence-electron chi connectivity index (χ1n) is 10.0. The molecule has 7 nitrogen and oxygen atoms in total. The Hall–Kier alpha value is -3.35. The summed E-state index contributed by atoms with van der Waals surface area (Å²) in [6.45, 7) is 1.33. The number of aromatic nitrogens is 2. The lowest BCUT2D eigenvalue weighted by Crippen LogP contribution is -2.40. The average molecular weight is 407 g/mol. The van der Waals surface area contributed by atoms with Crippen LogP contribution in [0.4, 0.5) is 0 Å². The fourth-order valence-corrected chi connectivity index (χ4v) is 3.75. The van der Waals surface area contributed by atoms with E-state index in [1.54, 1.807) is 14.2 Å². The number of hydrogen-bond acceptors (Lipinski definition) is 6. The maximum Gasteiger partial charge on any atom is 0.231 e. The van der Waals surface area contributed by atoms with Crippen LogP contribution in [0.1, 0.15) is 30.2 Å². The van der Waals surface area contributed by atoms with Crippen LogP contribution in [0.2, 0.25) is 0 Å². The highest BCUT2D eigenvalue weighted by Gasteiger charge is 2.28. The van der Waals surface area contributed by atoms with E-state index in [0.29, 0.717) is 24.7 Å². The lowest BCUT2D eigenvalue weighted by Gasteiger charge is -2.31. The minimum Gasteiger partial charge on any atom is -0.497 e. The van der Waals surface area contributed by atoms with Crippen LogP contribution < -0.4 is 9.47 Å². The molecular formula is C23H25N3O4. The van der Waals surface area contributed by atoms with Gasteiger partial charge in [-0.05, 0) is 42.7 Å². The average Bonchev–Trinajstić information content (AvgIpc) is 3.30. The van der Waals surface area contributed by atoms with Gasteiger partial charge in [0.15, 0.2) is 0 Å². The Balaban J connectivity index is 1.43. The lowest BCUT2D eigenvalue weighted by molar-refractivity contribution is -0.131. The zero-order valence-electron chi connectivity index (χ0n) is 17.2. The van der Waals surface area contributed by atoms with Crippen molar-refractivity contribution in [1.82, 2.24) is 15.0 Å². The standard InChI is InChI=1S/C23H25N3O4/c1-28-19-9-3-6-16(12-19)13-21(27)26-11-5-8-18(15-26)23-24-22(25-30-23)17-7-4-10-20(14-17)29-2/h3-4,6-7,9-10,12,14,18H,5,8,11,13,15H2,1-2H3/t18-/m1/s1. The normalized spacial score (nSPS) is 16.3. The van der Waals surface area contributed by atoms with Crippen LogP contribution in [0.25, 0.3) is 11.4 Å². The SMILES string of the molecule is COc1cccc(CC(=O)N2CCC[C@@H](c3nc(-c4cccc(OC)c4)no3)C2)c1. The summed E-state index contributed by atoms with van der Waals surface area (Å²) < 4.78 is 16.1. The second-order valence-corrected chi connectivity index (χ2v) is 7.40. The Bertz CT molecular complexity index is 1020. The van der Waals surface area contributed by atoms with Crippen molar-refractivity contribution < 1.29 is 18.8 Å². The van der Waals surface area contributed by atoms with Crippen LogP contribution in [0.5, 0.6) is 11.5 Å². The van der Waals surface area contributed by atoms with Crippen LogP contribution in [0.15, 0.2) is 53.1 Å². The van der Waals surface area contributed by atoms with Crippen molar-refractivity contribution in [3.05, 3.63) is 60.0 Å². The molecule has 1 aliphatic rings. The molecule has 1 fully saturated rings. The minimum atomic E-state index is 0.0415. The van der Waals surface area contributed by atoms with Gasteiger partial charge in [0.1, 0.15) is 11.5 Å². The van der Waals surface area contributed by atoms with E-state index in [2.05, 4.69) is 10.1 Å². The highest BCUT2D eigenvalue weighted by Crippen LogP contribution is 2.29. The monoisotopic (exact) mass is 407 g/mol. The second-order valence-electron chi connectivity index (χ2n) is 7.40. The highest BCUT2D eigenvalue weighted by molar-refractivity contribution is 5.79. The maximum atomic E-state index is 12.8. The van der Waals surface area contributed by atoms with E-state index in [0.717, 1.165) is 42.0 Å². The summed E-state index contributed by atoms with van der Waals surface area (Å²) in [5.41, 5.74) is 1.78. The summed E-state index contributed by atoms with van der Waals surface area (Å²) in [5.74, 6) is 2.74. The number of benzene rings is 2. The molecule has 1 amide bonds. The van der Waals surface area contributed by atoms with E-state index < -0.39 is 0 Å². The molecule has 0 radical (unpaired) electrons. The number of carbonyl (C=O) groups is 1. The Labute approximate surface area is 175 Å². The van der Waals surface area contributed by atoms with Gasteiger partial charge in [-0.1, -0.05) is 29.4 Å². The zero-order chi connectivity index (χ0) is 20.9. The van der Waals surface area contributed by atoms with Gasteiger partial charge in [-0.25, -0.2) is 0 Å². The predicted octanol–water partition coefficient (Wildman–Crippen LogP) is 3.70. The van der Waals surface area contributed by atoms with Crippen LogP contribution in [0, 0.1) is 0 Å². The quantitative estimate of drug-likeness (QED) is 0.620. The van der Waals surface area contributed by atoms with Crippen molar-refractivity contribution in [1.29, 1.82) is 0 Å². The second kappa shape index (κ2) is 8.98. The van der Waals surface area contributed by atoms with Crippen molar-refractivity contribution in [2.75, 3.05) is 27.3 Å². The van der Waals surface area contributed by atoms with Crippen molar-refractivity contribution in [2.45, 2.75) is 25.2 Å². The number of likely N-dealkylation sites (tertiary alicyclic amines) is 1. The number of carbonyl (C=O) groups excluding carboxylic acids is 1. The van der Waals surface area contributed by atoms with Crippen LogP contribution in [-0.4, -0.2) is 48.3 Å². The Morgan fingerprint density at radius 2 is 1.90 bits per heavy atom. The first-order chi connectivity index (χ1) is 14.7. The molecule has 2 aromatic carbocycles. The fraction of sp³-hybridized carbons (Fsp3) is 0.348. The van der Waals surface area contributed by atoms with E-state index in [9.17, 15) is 4.79 Å². The molecule has 156 valence electrons. The number of amides is 1. The van der Waals surface area contributed by atoms with Crippen LogP contribution in [-0.2, 0) is 11.2 Å². The van der Waals surface area contributed by atoms with Crippen molar-refractivity contribution in [2.24, 2.45) is 0 Å². The fourth-order valence-electron chi connectivity index (χ4n) is 3.75. The van der Waals surface area contributed by atoms with Gasteiger partial charge in [0.25, 0.3) is 0 Å². The zero-order valence-corrected chi connectivity index (χ0v) is 17.2. The molecule has 0 saturated carbocycles. The van der Waals surface area contributed by atoms with Gasteiger partial charge in [-0.3, -0.25) is 4.79 Å². The lowest BCUT2D eigenvalue weighted by atomic mass is 9.97. The summed E-state index contributed by atoms with van der Waals surface area (Å²) in [5, 5.41) is 4.13. The third-order valence-corrected chi connectivity index (χ3v) is 5.38. The molecule has 30 heavy (non-hydrogen) atoms. The van der Waals surface area contributed by atoms with Crippen molar-refractivity contribution >= 4 is 5.91 Å². The van der Waals surface area contributed by atoms with E-state index in [1.807, 2.05) is 53.4 Å². The molecule has 3 aromatic rings.